The molecule has 0 bridgehead atoms. The molecule has 0 radical (unpaired) electrons. The highest BCUT2D eigenvalue weighted by atomic mass is 35.5. The first-order valence-electron chi connectivity index (χ1n) is 5.64. The van der Waals surface area contributed by atoms with Crippen molar-refractivity contribution in [2.75, 3.05) is 7.11 Å². The first-order chi connectivity index (χ1) is 7.74. The molecule has 0 aliphatic heterocycles. The molecule has 2 nitrogen and oxygen atoms in total. The van der Waals surface area contributed by atoms with Crippen LogP contribution in [0, 0.1) is 0 Å². The van der Waals surface area contributed by atoms with Gasteiger partial charge in [-0.2, -0.15) is 0 Å². The van der Waals surface area contributed by atoms with Crippen molar-refractivity contribution in [3.63, 3.8) is 0 Å². The molecule has 0 fully saturated rings. The van der Waals surface area contributed by atoms with Crippen LogP contribution in [0.2, 0.25) is 0 Å². The lowest BCUT2D eigenvalue weighted by Gasteiger charge is -2.18. The summed E-state index contributed by atoms with van der Waals surface area (Å²) in [6.45, 7) is 4.23. The molecule has 0 spiro atoms. The van der Waals surface area contributed by atoms with Gasteiger partial charge >= 0.3 is 0 Å². The molecule has 0 aliphatic carbocycles. The summed E-state index contributed by atoms with van der Waals surface area (Å²) in [6.07, 6.45) is 2.22. The van der Waals surface area contributed by atoms with Crippen LogP contribution < -0.4 is 9.47 Å². The number of hydrogen-bond donors (Lipinski definition) is 0. The number of ether oxygens (including phenoxy) is 2. The van der Waals surface area contributed by atoms with Crippen LogP contribution in [-0.4, -0.2) is 13.2 Å². The lowest BCUT2D eigenvalue weighted by molar-refractivity contribution is 0.185. The number of rotatable bonds is 6. The topological polar surface area (TPSA) is 18.5 Å². The molecular weight excluding hydrogens is 224 g/mol. The summed E-state index contributed by atoms with van der Waals surface area (Å²) in [5.41, 5.74) is 1.04. The Labute approximate surface area is 103 Å². The Hall–Kier alpha value is -0.890. The molecular formula is C13H19ClO2. The molecule has 1 rings (SSSR count). The quantitative estimate of drug-likeness (QED) is 0.702. The zero-order chi connectivity index (χ0) is 12.0. The van der Waals surface area contributed by atoms with E-state index in [2.05, 4.69) is 13.8 Å². The van der Waals surface area contributed by atoms with Crippen LogP contribution in [0.5, 0.6) is 11.5 Å². The molecule has 0 saturated carbocycles. The van der Waals surface area contributed by atoms with Crippen LogP contribution in [0.25, 0.3) is 0 Å². The molecule has 0 unspecified atom stereocenters. The van der Waals surface area contributed by atoms with Crippen LogP contribution in [0.15, 0.2) is 18.2 Å². The second kappa shape index (κ2) is 6.64. The van der Waals surface area contributed by atoms with Gasteiger partial charge in [-0.25, -0.2) is 0 Å². The molecule has 0 saturated heterocycles. The fourth-order valence-electron chi connectivity index (χ4n) is 1.53. The zero-order valence-corrected chi connectivity index (χ0v) is 10.9. The molecule has 0 N–H and O–H groups in total. The Morgan fingerprint density at radius 2 is 1.88 bits per heavy atom. The average molecular weight is 243 g/mol. The Bertz CT molecular complexity index is 322. The molecule has 0 aliphatic rings. The van der Waals surface area contributed by atoms with Gasteiger partial charge in [-0.05, 0) is 30.5 Å². The van der Waals surface area contributed by atoms with Gasteiger partial charge in [0, 0.05) is 5.88 Å². The SMILES string of the molecule is CCC(CC)Oc1cc(CCl)ccc1OC. The molecule has 1 aromatic carbocycles. The molecule has 0 amide bonds. The lowest BCUT2D eigenvalue weighted by atomic mass is 10.2. The van der Waals surface area contributed by atoms with Gasteiger partial charge < -0.3 is 9.47 Å². The fourth-order valence-corrected chi connectivity index (χ4v) is 1.70. The van der Waals surface area contributed by atoms with Crippen molar-refractivity contribution in [1.29, 1.82) is 0 Å². The monoisotopic (exact) mass is 242 g/mol. The molecule has 3 heteroatoms. The number of halogens is 1. The maximum Gasteiger partial charge on any atom is 0.161 e. The van der Waals surface area contributed by atoms with Crippen molar-refractivity contribution in [2.45, 2.75) is 38.7 Å². The van der Waals surface area contributed by atoms with E-state index >= 15 is 0 Å². The third-order valence-corrected chi connectivity index (χ3v) is 2.90. The van der Waals surface area contributed by atoms with E-state index in [-0.39, 0.29) is 6.10 Å². The van der Waals surface area contributed by atoms with E-state index in [0.29, 0.717) is 5.88 Å². The number of alkyl halides is 1. The van der Waals surface area contributed by atoms with Crippen LogP contribution in [0.1, 0.15) is 32.3 Å². The number of benzene rings is 1. The van der Waals surface area contributed by atoms with Gasteiger partial charge in [0.2, 0.25) is 0 Å². The Kier molecular flexibility index (Phi) is 5.47. The van der Waals surface area contributed by atoms with E-state index in [1.165, 1.54) is 0 Å². The van der Waals surface area contributed by atoms with Gasteiger partial charge in [0.05, 0.1) is 13.2 Å². The van der Waals surface area contributed by atoms with Crippen molar-refractivity contribution < 1.29 is 9.47 Å². The van der Waals surface area contributed by atoms with Crippen molar-refractivity contribution in [3.05, 3.63) is 23.8 Å². The molecule has 1 aromatic rings. The Morgan fingerprint density at radius 1 is 1.19 bits per heavy atom. The van der Waals surface area contributed by atoms with Crippen LogP contribution >= 0.6 is 11.6 Å². The van der Waals surface area contributed by atoms with E-state index in [0.717, 1.165) is 29.9 Å². The number of hydrogen-bond acceptors (Lipinski definition) is 2. The third-order valence-electron chi connectivity index (χ3n) is 2.59. The highest BCUT2D eigenvalue weighted by Gasteiger charge is 2.10. The van der Waals surface area contributed by atoms with E-state index in [1.807, 2.05) is 18.2 Å². The molecule has 16 heavy (non-hydrogen) atoms. The first kappa shape index (κ1) is 13.2. The molecule has 0 heterocycles. The predicted molar refractivity (Wildman–Crippen MR) is 67.5 cm³/mol. The van der Waals surface area contributed by atoms with Gasteiger partial charge in [-0.1, -0.05) is 19.9 Å². The summed E-state index contributed by atoms with van der Waals surface area (Å²) in [5.74, 6) is 2.04. The largest absolute Gasteiger partial charge is 0.493 e. The van der Waals surface area contributed by atoms with Gasteiger partial charge in [-0.3, -0.25) is 0 Å². The lowest BCUT2D eigenvalue weighted by Crippen LogP contribution is -2.14. The summed E-state index contributed by atoms with van der Waals surface area (Å²) < 4.78 is 11.2. The van der Waals surface area contributed by atoms with Gasteiger partial charge in [-0.15, -0.1) is 11.6 Å². The smallest absolute Gasteiger partial charge is 0.161 e. The number of methoxy groups -OCH3 is 1. The van der Waals surface area contributed by atoms with E-state index in [4.69, 9.17) is 21.1 Å². The van der Waals surface area contributed by atoms with Crippen LogP contribution in [0.4, 0.5) is 0 Å². The van der Waals surface area contributed by atoms with E-state index in [1.54, 1.807) is 7.11 Å². The molecule has 90 valence electrons. The highest BCUT2D eigenvalue weighted by molar-refractivity contribution is 6.17. The van der Waals surface area contributed by atoms with Crippen molar-refractivity contribution >= 4 is 11.6 Å². The molecule has 0 aromatic heterocycles. The Morgan fingerprint density at radius 3 is 2.38 bits per heavy atom. The standard InChI is InChI=1S/C13H19ClO2/c1-4-11(5-2)16-13-8-10(9-14)6-7-12(13)15-3/h6-8,11H,4-5,9H2,1-3H3. The maximum absolute atomic E-state index is 5.89. The molecule has 0 atom stereocenters. The van der Waals surface area contributed by atoms with Crippen molar-refractivity contribution in [2.24, 2.45) is 0 Å². The van der Waals surface area contributed by atoms with Gasteiger partial charge in [0.1, 0.15) is 0 Å². The van der Waals surface area contributed by atoms with Crippen LogP contribution in [0.3, 0.4) is 0 Å². The van der Waals surface area contributed by atoms with Gasteiger partial charge in [0.25, 0.3) is 0 Å². The highest BCUT2D eigenvalue weighted by Crippen LogP contribution is 2.30. The summed E-state index contributed by atoms with van der Waals surface area (Å²) in [4.78, 5) is 0. The minimum absolute atomic E-state index is 0.236. The summed E-state index contributed by atoms with van der Waals surface area (Å²) in [6, 6.07) is 5.80. The first-order valence-corrected chi connectivity index (χ1v) is 6.18. The minimum atomic E-state index is 0.236. The second-order valence-corrected chi connectivity index (χ2v) is 3.94. The van der Waals surface area contributed by atoms with Crippen molar-refractivity contribution in [1.82, 2.24) is 0 Å². The van der Waals surface area contributed by atoms with E-state index < -0.39 is 0 Å². The van der Waals surface area contributed by atoms with Gasteiger partial charge in [0.15, 0.2) is 11.5 Å². The summed E-state index contributed by atoms with van der Waals surface area (Å²) in [7, 11) is 1.65. The maximum atomic E-state index is 5.89. The summed E-state index contributed by atoms with van der Waals surface area (Å²) >= 11 is 5.80. The van der Waals surface area contributed by atoms with E-state index in [9.17, 15) is 0 Å². The zero-order valence-electron chi connectivity index (χ0n) is 10.1. The average Bonchev–Trinajstić information content (AvgIpc) is 2.35. The minimum Gasteiger partial charge on any atom is -0.493 e. The predicted octanol–water partition coefficient (Wildman–Crippen LogP) is 4.00. The second-order valence-electron chi connectivity index (χ2n) is 3.68. The third kappa shape index (κ3) is 3.31. The fraction of sp³-hybridized carbons (Fsp3) is 0.538. The van der Waals surface area contributed by atoms with Crippen LogP contribution in [-0.2, 0) is 5.88 Å². The summed E-state index contributed by atoms with van der Waals surface area (Å²) in [5, 5.41) is 0. The van der Waals surface area contributed by atoms with Crippen molar-refractivity contribution in [3.8, 4) is 11.5 Å². The Balaban J connectivity index is 2.90. The normalized spacial score (nSPS) is 10.6.